The Labute approximate surface area is 135 Å². The van der Waals surface area contributed by atoms with Crippen molar-refractivity contribution in [2.45, 2.75) is 24.3 Å². The summed E-state index contributed by atoms with van der Waals surface area (Å²) in [5, 5.41) is 11.2. The lowest BCUT2D eigenvalue weighted by Gasteiger charge is -2.10. The van der Waals surface area contributed by atoms with Crippen LogP contribution in [0, 0.1) is 0 Å². The molecular weight excluding hydrogens is 354 g/mol. The Kier molecular flexibility index (Phi) is 5.24. The SMILES string of the molecule is CCNC(=O)[C@@H](C)Sc1nnc(-c2ccccc2Br)n1N. The molecule has 0 aliphatic rings. The molecular formula is C13H16BrN5OS. The summed E-state index contributed by atoms with van der Waals surface area (Å²) in [5.74, 6) is 6.55. The topological polar surface area (TPSA) is 85.8 Å². The summed E-state index contributed by atoms with van der Waals surface area (Å²) in [6.45, 7) is 4.29. The molecule has 1 amide bonds. The molecule has 0 bridgehead atoms. The molecule has 2 rings (SSSR count). The summed E-state index contributed by atoms with van der Waals surface area (Å²) in [7, 11) is 0. The van der Waals surface area contributed by atoms with Crippen molar-refractivity contribution in [1.29, 1.82) is 0 Å². The molecule has 6 nitrogen and oxygen atoms in total. The van der Waals surface area contributed by atoms with Crippen molar-refractivity contribution in [2.75, 3.05) is 12.4 Å². The molecule has 112 valence electrons. The summed E-state index contributed by atoms with van der Waals surface area (Å²) in [5.41, 5.74) is 0.852. The number of benzene rings is 1. The maximum atomic E-state index is 11.8. The molecule has 0 fully saturated rings. The van der Waals surface area contributed by atoms with E-state index in [2.05, 4.69) is 31.4 Å². The van der Waals surface area contributed by atoms with Crippen LogP contribution in [0.4, 0.5) is 0 Å². The number of hydrogen-bond acceptors (Lipinski definition) is 5. The summed E-state index contributed by atoms with van der Waals surface area (Å²) in [4.78, 5) is 11.8. The van der Waals surface area contributed by atoms with E-state index in [0.717, 1.165) is 10.0 Å². The molecule has 2 aromatic rings. The van der Waals surface area contributed by atoms with Gasteiger partial charge in [-0.15, -0.1) is 10.2 Å². The van der Waals surface area contributed by atoms with Crippen LogP contribution in [0.5, 0.6) is 0 Å². The molecule has 0 saturated heterocycles. The Balaban J connectivity index is 2.22. The third kappa shape index (κ3) is 3.56. The number of nitrogens with one attached hydrogen (secondary N) is 1. The van der Waals surface area contributed by atoms with Crippen molar-refractivity contribution in [1.82, 2.24) is 20.2 Å². The van der Waals surface area contributed by atoms with E-state index in [1.165, 1.54) is 16.4 Å². The van der Waals surface area contributed by atoms with E-state index in [4.69, 9.17) is 5.84 Å². The zero-order valence-electron chi connectivity index (χ0n) is 11.7. The van der Waals surface area contributed by atoms with Gasteiger partial charge in [-0.2, -0.15) is 0 Å². The van der Waals surface area contributed by atoms with Crippen molar-refractivity contribution in [2.24, 2.45) is 0 Å². The average Bonchev–Trinajstić information content (AvgIpc) is 2.81. The molecule has 0 aliphatic heterocycles. The molecule has 0 unspecified atom stereocenters. The second-order valence-corrected chi connectivity index (χ2v) is 6.47. The highest BCUT2D eigenvalue weighted by Gasteiger charge is 2.20. The van der Waals surface area contributed by atoms with Gasteiger partial charge in [0.15, 0.2) is 5.82 Å². The van der Waals surface area contributed by atoms with Gasteiger partial charge in [-0.1, -0.05) is 39.8 Å². The van der Waals surface area contributed by atoms with Gasteiger partial charge >= 0.3 is 0 Å². The molecule has 1 atom stereocenters. The van der Waals surface area contributed by atoms with Gasteiger partial charge in [-0.05, 0) is 26.0 Å². The quantitative estimate of drug-likeness (QED) is 0.622. The average molecular weight is 370 g/mol. The number of rotatable bonds is 5. The second kappa shape index (κ2) is 6.95. The van der Waals surface area contributed by atoms with Crippen LogP contribution in [0.15, 0.2) is 33.9 Å². The van der Waals surface area contributed by atoms with E-state index < -0.39 is 0 Å². The summed E-state index contributed by atoms with van der Waals surface area (Å²) in [6.07, 6.45) is 0. The van der Waals surface area contributed by atoms with Crippen molar-refractivity contribution in [3.05, 3.63) is 28.7 Å². The zero-order valence-corrected chi connectivity index (χ0v) is 14.1. The third-order valence-electron chi connectivity index (χ3n) is 2.78. The highest BCUT2D eigenvalue weighted by Crippen LogP contribution is 2.29. The molecule has 3 N–H and O–H groups in total. The minimum absolute atomic E-state index is 0.0482. The van der Waals surface area contributed by atoms with Crippen LogP contribution in [0.25, 0.3) is 11.4 Å². The third-order valence-corrected chi connectivity index (χ3v) is 4.53. The van der Waals surface area contributed by atoms with Crippen LogP contribution < -0.4 is 11.2 Å². The largest absolute Gasteiger partial charge is 0.355 e. The number of nitrogen functional groups attached to an aromatic ring is 1. The molecule has 21 heavy (non-hydrogen) atoms. The number of aromatic nitrogens is 3. The van der Waals surface area contributed by atoms with E-state index >= 15 is 0 Å². The van der Waals surface area contributed by atoms with Crippen LogP contribution in [-0.2, 0) is 4.79 Å². The summed E-state index contributed by atoms with van der Waals surface area (Å²) < 4.78 is 2.29. The van der Waals surface area contributed by atoms with Crippen LogP contribution in [0.3, 0.4) is 0 Å². The van der Waals surface area contributed by atoms with E-state index in [9.17, 15) is 4.79 Å². The van der Waals surface area contributed by atoms with Gasteiger partial charge in [-0.3, -0.25) is 4.79 Å². The molecule has 0 radical (unpaired) electrons. The minimum atomic E-state index is -0.288. The van der Waals surface area contributed by atoms with Crippen LogP contribution in [-0.4, -0.2) is 32.6 Å². The maximum absolute atomic E-state index is 11.8. The van der Waals surface area contributed by atoms with Crippen molar-refractivity contribution in [3.8, 4) is 11.4 Å². The van der Waals surface area contributed by atoms with E-state index in [0.29, 0.717) is 17.5 Å². The van der Waals surface area contributed by atoms with Gasteiger partial charge in [0.25, 0.3) is 0 Å². The molecule has 0 saturated carbocycles. The van der Waals surface area contributed by atoms with Gasteiger partial charge in [0.2, 0.25) is 11.1 Å². The highest BCUT2D eigenvalue weighted by molar-refractivity contribution is 9.10. The normalized spacial score (nSPS) is 12.1. The van der Waals surface area contributed by atoms with Crippen LogP contribution in [0.1, 0.15) is 13.8 Å². The number of thioether (sulfide) groups is 1. The van der Waals surface area contributed by atoms with Crippen LogP contribution >= 0.6 is 27.7 Å². The van der Waals surface area contributed by atoms with Gasteiger partial charge in [-0.25, -0.2) is 4.68 Å². The smallest absolute Gasteiger partial charge is 0.233 e. The van der Waals surface area contributed by atoms with Gasteiger partial charge < -0.3 is 11.2 Å². The number of nitrogens with two attached hydrogens (primary N) is 1. The van der Waals surface area contributed by atoms with E-state index in [1.54, 1.807) is 0 Å². The first-order valence-electron chi connectivity index (χ1n) is 6.44. The second-order valence-electron chi connectivity index (χ2n) is 4.31. The van der Waals surface area contributed by atoms with Crippen molar-refractivity contribution >= 4 is 33.6 Å². The fourth-order valence-corrected chi connectivity index (χ4v) is 2.97. The standard InChI is InChI=1S/C13H16BrN5OS/c1-3-16-12(20)8(2)21-13-18-17-11(19(13)15)9-6-4-5-7-10(9)14/h4-8H,3,15H2,1-2H3,(H,16,20)/t8-/m1/s1. The van der Waals surface area contributed by atoms with Gasteiger partial charge in [0, 0.05) is 16.6 Å². The Morgan fingerprint density at radius 1 is 1.48 bits per heavy atom. The monoisotopic (exact) mass is 369 g/mol. The first kappa shape index (κ1) is 15.8. The summed E-state index contributed by atoms with van der Waals surface area (Å²) >= 11 is 4.74. The lowest BCUT2D eigenvalue weighted by atomic mass is 10.2. The number of carbonyl (C=O) groups is 1. The Bertz CT molecular complexity index is 645. The fourth-order valence-electron chi connectivity index (χ4n) is 1.71. The van der Waals surface area contributed by atoms with Crippen LogP contribution in [0.2, 0.25) is 0 Å². The van der Waals surface area contributed by atoms with Crippen molar-refractivity contribution in [3.63, 3.8) is 0 Å². The van der Waals surface area contributed by atoms with Crippen molar-refractivity contribution < 1.29 is 4.79 Å². The fraction of sp³-hybridized carbons (Fsp3) is 0.308. The molecule has 0 spiro atoms. The lowest BCUT2D eigenvalue weighted by molar-refractivity contribution is -0.120. The van der Waals surface area contributed by atoms with E-state index in [1.807, 2.05) is 38.1 Å². The van der Waals surface area contributed by atoms with Gasteiger partial charge in [0.1, 0.15) is 0 Å². The molecule has 1 heterocycles. The Hall–Kier alpha value is -1.54. The number of carbonyl (C=O) groups excluding carboxylic acids is 1. The Morgan fingerprint density at radius 3 is 2.86 bits per heavy atom. The van der Waals surface area contributed by atoms with Gasteiger partial charge in [0.05, 0.1) is 5.25 Å². The minimum Gasteiger partial charge on any atom is -0.355 e. The predicted molar refractivity (Wildman–Crippen MR) is 87.3 cm³/mol. The molecule has 1 aromatic carbocycles. The zero-order chi connectivity index (χ0) is 15.4. The van der Waals surface area contributed by atoms with E-state index in [-0.39, 0.29) is 11.2 Å². The number of hydrogen-bond donors (Lipinski definition) is 2. The number of nitrogens with zero attached hydrogens (tertiary/aromatic N) is 3. The Morgan fingerprint density at radius 2 is 2.19 bits per heavy atom. The molecule has 0 aliphatic carbocycles. The summed E-state index contributed by atoms with van der Waals surface area (Å²) in [6, 6.07) is 7.63. The molecule has 8 heteroatoms. The highest BCUT2D eigenvalue weighted by atomic mass is 79.9. The maximum Gasteiger partial charge on any atom is 0.233 e. The number of amides is 1. The predicted octanol–water partition coefficient (Wildman–Crippen LogP) is 2.04. The molecule has 1 aromatic heterocycles. The first-order chi connectivity index (χ1) is 10.0. The lowest BCUT2D eigenvalue weighted by Crippen LogP contribution is -2.31. The number of halogens is 1. The first-order valence-corrected chi connectivity index (χ1v) is 8.11.